The maximum absolute atomic E-state index is 13.0. The molecule has 0 atom stereocenters. The van der Waals surface area contributed by atoms with Crippen LogP contribution in [0.4, 0.5) is 46.5 Å². The summed E-state index contributed by atoms with van der Waals surface area (Å²) >= 11 is 0. The van der Waals surface area contributed by atoms with E-state index in [0.717, 1.165) is 24.1 Å². The smallest absolute Gasteiger partial charge is 0.338 e. The number of nitrogens with zero attached hydrogens (tertiary/aromatic N) is 6. The molecule has 0 spiro atoms. The summed E-state index contributed by atoms with van der Waals surface area (Å²) in [6.07, 6.45) is 1.86. The van der Waals surface area contributed by atoms with E-state index in [9.17, 15) is 21.4 Å². The second-order valence-corrected chi connectivity index (χ2v) is 13.7. The molecule has 0 saturated heterocycles. The molecule has 6 rings (SSSR count). The van der Waals surface area contributed by atoms with Gasteiger partial charge in [-0.1, -0.05) is 42.5 Å². The second-order valence-electron chi connectivity index (χ2n) is 10.8. The third kappa shape index (κ3) is 9.70. The van der Waals surface area contributed by atoms with Crippen molar-refractivity contribution >= 4 is 72.9 Å². The van der Waals surface area contributed by atoms with Gasteiger partial charge in [0.2, 0.25) is 23.8 Å². The number of methoxy groups -OCH3 is 2. The molecule has 0 radical (unpaired) electrons. The zero-order valence-corrected chi connectivity index (χ0v) is 29.9. The van der Waals surface area contributed by atoms with Crippen LogP contribution in [-0.4, -0.2) is 65.5 Å². The van der Waals surface area contributed by atoms with Crippen LogP contribution in [0.15, 0.2) is 119 Å². The van der Waals surface area contributed by atoms with Crippen molar-refractivity contribution in [1.29, 1.82) is 0 Å². The Bertz CT molecular complexity index is 2500. The van der Waals surface area contributed by atoms with Crippen molar-refractivity contribution < 1.29 is 35.0 Å². The predicted molar refractivity (Wildman–Crippen MR) is 199 cm³/mol. The molecular weight excluding hydrogens is 741 g/mol. The summed E-state index contributed by atoms with van der Waals surface area (Å²) in [6.45, 7) is 0. The largest absolute Gasteiger partial charge is 0.467 e. The fourth-order valence-electron chi connectivity index (χ4n) is 4.59. The average molecular weight is 771 g/mol. The lowest BCUT2D eigenvalue weighted by Crippen LogP contribution is -2.07. The zero-order chi connectivity index (χ0) is 38.1. The lowest BCUT2D eigenvalue weighted by Gasteiger charge is -2.11. The highest BCUT2D eigenvalue weighted by Crippen LogP contribution is 2.26. The first kappa shape index (κ1) is 36.9. The molecule has 2 aromatic heterocycles. The van der Waals surface area contributed by atoms with E-state index in [1.807, 2.05) is 48.5 Å². The van der Waals surface area contributed by atoms with Gasteiger partial charge in [-0.15, -0.1) is 0 Å². The van der Waals surface area contributed by atoms with Crippen LogP contribution < -0.4 is 30.7 Å². The number of hydrogen-bond acceptors (Lipinski definition) is 17. The summed E-state index contributed by atoms with van der Waals surface area (Å²) in [6, 6.07) is 27.7. The fourth-order valence-corrected chi connectivity index (χ4v) is 6.08. The minimum atomic E-state index is -4.80. The van der Waals surface area contributed by atoms with Gasteiger partial charge in [0.1, 0.15) is 16.1 Å². The van der Waals surface area contributed by atoms with E-state index in [4.69, 9.17) is 13.7 Å². The van der Waals surface area contributed by atoms with E-state index in [1.54, 1.807) is 12.1 Å². The minimum absolute atomic E-state index is 0.00153. The maximum atomic E-state index is 13.0. The highest BCUT2D eigenvalue weighted by molar-refractivity contribution is 7.87. The summed E-state index contributed by atoms with van der Waals surface area (Å²) in [4.78, 5) is 24.5. The predicted octanol–water partition coefficient (Wildman–Crippen LogP) is 5.67. The Morgan fingerprint density at radius 3 is 1.43 bits per heavy atom. The van der Waals surface area contributed by atoms with E-state index in [-0.39, 0.29) is 52.0 Å². The van der Waals surface area contributed by atoms with E-state index in [1.165, 1.54) is 50.6 Å². The number of aromatic nitrogens is 6. The number of nitrogens with one attached hydrogen (secondary N) is 4. The van der Waals surface area contributed by atoms with Crippen LogP contribution >= 0.6 is 0 Å². The van der Waals surface area contributed by atoms with Crippen molar-refractivity contribution in [3.05, 3.63) is 115 Å². The van der Waals surface area contributed by atoms with E-state index >= 15 is 0 Å². The Morgan fingerprint density at radius 2 is 0.981 bits per heavy atom. The van der Waals surface area contributed by atoms with Crippen molar-refractivity contribution in [2.45, 2.75) is 9.79 Å². The molecule has 20 heteroatoms. The van der Waals surface area contributed by atoms with Gasteiger partial charge in [0, 0.05) is 22.7 Å². The quantitative estimate of drug-likeness (QED) is 0.0480. The standard InChI is InChI=1S/C34H30N10O8S2/c1-50-33-41-29(35-23-9-5-3-6-10-23)39-31(43-33)37-25-15-17-27(18-16-25)54(48,49)52-20-19-22-13-14-26(21-28(22)53(45,46)47)38-32-40-30(42-34(44-32)51-2)36-24-11-7-4-8-12-24/h3-21H,1-2H3,(H,45,46,47)(H2,35,37,39,41,43)(H2,36,38,40,42,44)/b20-19+. The lowest BCUT2D eigenvalue weighted by atomic mass is 10.2. The summed E-state index contributed by atoms with van der Waals surface area (Å²) in [5.74, 6) is 0.484. The van der Waals surface area contributed by atoms with Crippen molar-refractivity contribution in [3.8, 4) is 12.0 Å². The van der Waals surface area contributed by atoms with Gasteiger partial charge in [-0.3, -0.25) is 4.55 Å². The molecule has 0 fully saturated rings. The van der Waals surface area contributed by atoms with Crippen molar-refractivity contribution in [3.63, 3.8) is 0 Å². The second kappa shape index (κ2) is 16.2. The van der Waals surface area contributed by atoms with Crippen molar-refractivity contribution in [2.24, 2.45) is 0 Å². The number of anilines is 8. The Labute approximate surface area is 309 Å². The Kier molecular flexibility index (Phi) is 11.1. The van der Waals surface area contributed by atoms with Crippen LogP contribution in [0.1, 0.15) is 5.56 Å². The van der Waals surface area contributed by atoms with E-state index < -0.39 is 25.1 Å². The zero-order valence-electron chi connectivity index (χ0n) is 28.3. The molecule has 54 heavy (non-hydrogen) atoms. The summed E-state index contributed by atoms with van der Waals surface area (Å²) < 4.78 is 76.0. The molecule has 6 aromatic rings. The number of rotatable bonds is 15. The summed E-state index contributed by atoms with van der Waals surface area (Å²) in [5.41, 5.74) is 1.97. The minimum Gasteiger partial charge on any atom is -0.467 e. The summed E-state index contributed by atoms with van der Waals surface area (Å²) in [5, 5.41) is 11.9. The molecule has 0 aliphatic rings. The third-order valence-electron chi connectivity index (χ3n) is 7.03. The van der Waals surface area contributed by atoms with Crippen LogP contribution in [0.3, 0.4) is 0 Å². The third-order valence-corrected chi connectivity index (χ3v) is 9.15. The molecule has 0 aliphatic carbocycles. The number of ether oxygens (including phenoxy) is 2. The first-order valence-electron chi connectivity index (χ1n) is 15.6. The van der Waals surface area contributed by atoms with Gasteiger partial charge in [-0.05, 0) is 72.3 Å². The van der Waals surface area contributed by atoms with Gasteiger partial charge in [0.05, 0.1) is 14.2 Å². The molecule has 0 bridgehead atoms. The Balaban J connectivity index is 1.14. The van der Waals surface area contributed by atoms with Crippen LogP contribution in [0, 0.1) is 0 Å². The normalized spacial score (nSPS) is 11.5. The van der Waals surface area contributed by atoms with Gasteiger partial charge in [-0.2, -0.15) is 46.7 Å². The molecule has 276 valence electrons. The highest BCUT2D eigenvalue weighted by atomic mass is 32.2. The van der Waals surface area contributed by atoms with Crippen LogP contribution in [0.5, 0.6) is 12.0 Å². The van der Waals surface area contributed by atoms with Gasteiger partial charge in [0.15, 0.2) is 0 Å². The van der Waals surface area contributed by atoms with Gasteiger partial charge >= 0.3 is 22.1 Å². The van der Waals surface area contributed by atoms with Crippen LogP contribution in [0.25, 0.3) is 6.08 Å². The van der Waals surface area contributed by atoms with E-state index in [0.29, 0.717) is 11.4 Å². The molecule has 18 nitrogen and oxygen atoms in total. The average Bonchev–Trinajstić information content (AvgIpc) is 3.15. The Morgan fingerprint density at radius 1 is 0.556 bits per heavy atom. The van der Waals surface area contributed by atoms with Crippen molar-refractivity contribution in [1.82, 2.24) is 29.9 Å². The lowest BCUT2D eigenvalue weighted by molar-refractivity contribution is 0.379. The number of benzene rings is 4. The molecule has 0 unspecified atom stereocenters. The van der Waals surface area contributed by atoms with E-state index in [2.05, 4.69) is 51.2 Å². The molecule has 5 N–H and O–H groups in total. The SMILES string of the molecule is COc1nc(Nc2ccccc2)nc(Nc2ccc(S(=O)(=O)O/C=C/c3ccc(Nc4nc(Nc5ccccc5)nc(OC)n4)cc3S(=O)(=O)O)cc2)n1. The van der Waals surface area contributed by atoms with Crippen LogP contribution in [-0.2, 0) is 24.4 Å². The highest BCUT2D eigenvalue weighted by Gasteiger charge is 2.18. The maximum Gasteiger partial charge on any atom is 0.338 e. The number of hydrogen-bond donors (Lipinski definition) is 5. The summed E-state index contributed by atoms with van der Waals surface area (Å²) in [7, 11) is -6.37. The molecular formula is C34H30N10O8S2. The number of para-hydroxylation sites is 2. The van der Waals surface area contributed by atoms with Gasteiger partial charge in [-0.25, -0.2) is 0 Å². The molecule has 2 heterocycles. The molecule has 0 amide bonds. The Hall–Kier alpha value is -6.90. The van der Waals surface area contributed by atoms with Crippen LogP contribution in [0.2, 0.25) is 0 Å². The monoisotopic (exact) mass is 770 g/mol. The molecule has 0 aliphatic heterocycles. The topological polar surface area (TPSA) is 242 Å². The first-order valence-corrected chi connectivity index (χ1v) is 18.4. The molecule has 4 aromatic carbocycles. The molecule has 0 saturated carbocycles. The van der Waals surface area contributed by atoms with Gasteiger partial charge in [0.25, 0.3) is 10.1 Å². The van der Waals surface area contributed by atoms with Crippen molar-refractivity contribution in [2.75, 3.05) is 35.5 Å². The first-order chi connectivity index (χ1) is 26.0. The fraction of sp³-hybridized carbons (Fsp3) is 0.0588. The van der Waals surface area contributed by atoms with Gasteiger partial charge < -0.3 is 34.9 Å².